The van der Waals surface area contributed by atoms with E-state index in [1.807, 2.05) is 24.3 Å². The smallest absolute Gasteiger partial charge is 0.126 e. The monoisotopic (exact) mass is 202 g/mol. The van der Waals surface area contributed by atoms with Crippen LogP contribution in [0.2, 0.25) is 0 Å². The van der Waals surface area contributed by atoms with Crippen molar-refractivity contribution in [3.05, 3.63) is 48.3 Å². The van der Waals surface area contributed by atoms with Crippen LogP contribution in [0.25, 0.3) is 11.3 Å². The van der Waals surface area contributed by atoms with Gasteiger partial charge >= 0.3 is 0 Å². The Labute approximate surface area is 87.8 Å². The highest BCUT2D eigenvalue weighted by Gasteiger charge is 2.00. The quantitative estimate of drug-likeness (QED) is 0.809. The zero-order valence-electron chi connectivity index (χ0n) is 8.37. The maximum Gasteiger partial charge on any atom is 0.126 e. The topological polar surface area (TPSA) is 24.9 Å². The fourth-order valence-electron chi connectivity index (χ4n) is 1.38. The highest BCUT2D eigenvalue weighted by molar-refractivity contribution is 5.61. The average Bonchev–Trinajstić information content (AvgIpc) is 2.29. The molecule has 0 radical (unpaired) electrons. The van der Waals surface area contributed by atoms with E-state index in [4.69, 9.17) is 0 Å². The molecule has 0 aliphatic carbocycles. The minimum absolute atomic E-state index is 0.246. The van der Waals surface area contributed by atoms with Gasteiger partial charge < -0.3 is 5.32 Å². The van der Waals surface area contributed by atoms with Gasteiger partial charge in [-0.3, -0.25) is 0 Å². The summed E-state index contributed by atoms with van der Waals surface area (Å²) >= 11 is 0. The van der Waals surface area contributed by atoms with Gasteiger partial charge in [-0.1, -0.05) is 18.2 Å². The Morgan fingerprint density at radius 2 is 1.93 bits per heavy atom. The van der Waals surface area contributed by atoms with Gasteiger partial charge in [-0.05, 0) is 24.3 Å². The predicted octanol–water partition coefficient (Wildman–Crippen LogP) is 2.93. The third-order valence-corrected chi connectivity index (χ3v) is 2.13. The molecule has 3 heteroatoms. The normalized spacial score (nSPS) is 10.0. The molecule has 0 saturated carbocycles. The van der Waals surface area contributed by atoms with E-state index in [0.29, 0.717) is 0 Å². The summed E-state index contributed by atoms with van der Waals surface area (Å²) in [6.07, 6.45) is 0. The third-order valence-electron chi connectivity index (χ3n) is 2.13. The summed E-state index contributed by atoms with van der Waals surface area (Å²) < 4.78 is 13.0. The van der Waals surface area contributed by atoms with Crippen LogP contribution < -0.4 is 5.32 Å². The van der Waals surface area contributed by atoms with Gasteiger partial charge in [0.15, 0.2) is 0 Å². The van der Waals surface area contributed by atoms with Crippen LogP contribution in [-0.2, 0) is 0 Å². The van der Waals surface area contributed by atoms with Crippen LogP contribution in [-0.4, -0.2) is 12.0 Å². The molecule has 0 aliphatic heterocycles. The number of nitrogens with one attached hydrogen (secondary N) is 1. The van der Waals surface area contributed by atoms with Crippen molar-refractivity contribution < 1.29 is 4.39 Å². The van der Waals surface area contributed by atoms with Crippen molar-refractivity contribution in [3.63, 3.8) is 0 Å². The summed E-state index contributed by atoms with van der Waals surface area (Å²) in [6.45, 7) is 0. The van der Waals surface area contributed by atoms with Crippen LogP contribution in [0.1, 0.15) is 0 Å². The fourth-order valence-corrected chi connectivity index (χ4v) is 1.38. The van der Waals surface area contributed by atoms with Crippen LogP contribution >= 0.6 is 0 Å². The lowest BCUT2D eigenvalue weighted by atomic mass is 10.1. The van der Waals surface area contributed by atoms with E-state index in [0.717, 1.165) is 17.1 Å². The van der Waals surface area contributed by atoms with E-state index >= 15 is 0 Å². The van der Waals surface area contributed by atoms with E-state index in [9.17, 15) is 4.39 Å². The van der Waals surface area contributed by atoms with Gasteiger partial charge in [0.1, 0.15) is 11.6 Å². The lowest BCUT2D eigenvalue weighted by Crippen LogP contribution is -1.93. The van der Waals surface area contributed by atoms with E-state index in [2.05, 4.69) is 10.3 Å². The molecule has 1 aromatic heterocycles. The Morgan fingerprint density at radius 1 is 1.13 bits per heavy atom. The Morgan fingerprint density at radius 3 is 2.67 bits per heavy atom. The van der Waals surface area contributed by atoms with Gasteiger partial charge in [0.05, 0.1) is 5.69 Å². The highest BCUT2D eigenvalue weighted by atomic mass is 19.1. The zero-order chi connectivity index (χ0) is 10.7. The van der Waals surface area contributed by atoms with Gasteiger partial charge in [0.2, 0.25) is 0 Å². The second-order valence-electron chi connectivity index (χ2n) is 3.17. The minimum Gasteiger partial charge on any atom is -0.373 e. The van der Waals surface area contributed by atoms with E-state index in [1.54, 1.807) is 13.1 Å². The average molecular weight is 202 g/mol. The zero-order valence-corrected chi connectivity index (χ0v) is 8.37. The van der Waals surface area contributed by atoms with Crippen molar-refractivity contribution in [3.8, 4) is 11.3 Å². The molecule has 0 atom stereocenters. The molecule has 15 heavy (non-hydrogen) atoms. The number of pyridine rings is 1. The van der Waals surface area contributed by atoms with Crippen LogP contribution in [0.15, 0.2) is 42.5 Å². The minimum atomic E-state index is -0.246. The first-order chi connectivity index (χ1) is 7.29. The molecule has 1 heterocycles. The van der Waals surface area contributed by atoms with Gasteiger partial charge in [0.25, 0.3) is 0 Å². The van der Waals surface area contributed by atoms with Crippen molar-refractivity contribution in [2.24, 2.45) is 0 Å². The summed E-state index contributed by atoms with van der Waals surface area (Å²) in [7, 11) is 1.80. The molecular weight excluding hydrogens is 191 g/mol. The third kappa shape index (κ3) is 2.13. The Bertz CT molecular complexity index is 469. The molecule has 0 unspecified atom stereocenters. The molecular formula is C12H11FN2. The number of rotatable bonds is 2. The molecule has 1 aromatic carbocycles. The Balaban J connectivity index is 2.44. The predicted molar refractivity (Wildman–Crippen MR) is 59.2 cm³/mol. The Hall–Kier alpha value is -1.90. The molecule has 1 N–H and O–H groups in total. The van der Waals surface area contributed by atoms with Crippen molar-refractivity contribution in [1.29, 1.82) is 0 Å². The van der Waals surface area contributed by atoms with E-state index < -0.39 is 0 Å². The molecule has 0 saturated heterocycles. The lowest BCUT2D eigenvalue weighted by molar-refractivity contribution is 0.628. The standard InChI is InChI=1S/C12H11FN2/c1-14-12-7-3-6-11(15-12)9-4-2-5-10(13)8-9/h2-8H,1H3,(H,14,15). The molecule has 0 spiro atoms. The van der Waals surface area contributed by atoms with E-state index in [-0.39, 0.29) is 5.82 Å². The summed E-state index contributed by atoms with van der Waals surface area (Å²) in [5.41, 5.74) is 1.55. The van der Waals surface area contributed by atoms with Crippen LogP contribution in [0.4, 0.5) is 10.2 Å². The molecule has 2 nitrogen and oxygen atoms in total. The largest absolute Gasteiger partial charge is 0.373 e. The number of aromatic nitrogens is 1. The van der Waals surface area contributed by atoms with Crippen molar-refractivity contribution in [1.82, 2.24) is 4.98 Å². The number of hydrogen-bond acceptors (Lipinski definition) is 2. The number of hydrogen-bond donors (Lipinski definition) is 1. The fraction of sp³-hybridized carbons (Fsp3) is 0.0833. The number of nitrogens with zero attached hydrogens (tertiary/aromatic N) is 1. The Kier molecular flexibility index (Phi) is 2.63. The first kappa shape index (κ1) is 9.65. The number of halogens is 1. The SMILES string of the molecule is CNc1cccc(-c2cccc(F)c2)n1. The summed E-state index contributed by atoms with van der Waals surface area (Å²) in [5, 5.41) is 2.95. The van der Waals surface area contributed by atoms with Crippen LogP contribution in [0, 0.1) is 5.82 Å². The van der Waals surface area contributed by atoms with Crippen LogP contribution in [0.3, 0.4) is 0 Å². The summed E-state index contributed by atoms with van der Waals surface area (Å²) in [4.78, 5) is 4.32. The van der Waals surface area contributed by atoms with Crippen molar-refractivity contribution in [2.75, 3.05) is 12.4 Å². The molecule has 0 fully saturated rings. The van der Waals surface area contributed by atoms with Crippen molar-refractivity contribution in [2.45, 2.75) is 0 Å². The molecule has 0 amide bonds. The number of benzene rings is 1. The lowest BCUT2D eigenvalue weighted by Gasteiger charge is -2.03. The first-order valence-electron chi connectivity index (χ1n) is 4.70. The molecule has 0 aliphatic rings. The summed E-state index contributed by atoms with van der Waals surface area (Å²) in [6, 6.07) is 12.0. The molecule has 0 bridgehead atoms. The van der Waals surface area contributed by atoms with Gasteiger partial charge in [-0.2, -0.15) is 0 Å². The van der Waals surface area contributed by atoms with Crippen molar-refractivity contribution >= 4 is 5.82 Å². The second kappa shape index (κ2) is 4.09. The molecule has 2 aromatic rings. The maximum atomic E-state index is 13.0. The second-order valence-corrected chi connectivity index (χ2v) is 3.17. The van der Waals surface area contributed by atoms with Gasteiger partial charge in [-0.15, -0.1) is 0 Å². The number of anilines is 1. The maximum absolute atomic E-state index is 13.0. The molecule has 2 rings (SSSR count). The summed E-state index contributed by atoms with van der Waals surface area (Å²) in [5.74, 6) is 0.529. The van der Waals surface area contributed by atoms with Gasteiger partial charge in [-0.25, -0.2) is 9.37 Å². The van der Waals surface area contributed by atoms with Gasteiger partial charge in [0, 0.05) is 12.6 Å². The van der Waals surface area contributed by atoms with Crippen LogP contribution in [0.5, 0.6) is 0 Å². The molecule has 76 valence electrons. The van der Waals surface area contributed by atoms with E-state index in [1.165, 1.54) is 12.1 Å². The first-order valence-corrected chi connectivity index (χ1v) is 4.70. The highest BCUT2D eigenvalue weighted by Crippen LogP contribution is 2.19.